The zero-order valence-corrected chi connectivity index (χ0v) is 12.2. The molecule has 1 N–H and O–H groups in total. The molecule has 0 bridgehead atoms. The van der Waals surface area contributed by atoms with Gasteiger partial charge in [-0.25, -0.2) is 0 Å². The number of aromatic nitrogens is 3. The van der Waals surface area contributed by atoms with Gasteiger partial charge in [-0.3, -0.25) is 14.7 Å². The van der Waals surface area contributed by atoms with Crippen molar-refractivity contribution >= 4 is 11.9 Å². The third-order valence-corrected chi connectivity index (χ3v) is 3.48. The van der Waals surface area contributed by atoms with Crippen LogP contribution in [-0.2, 0) is 7.05 Å². The van der Waals surface area contributed by atoms with Crippen LogP contribution in [0.1, 0.15) is 41.9 Å². The van der Waals surface area contributed by atoms with Gasteiger partial charge >= 0.3 is 0 Å². The molecular formula is C15H18N4O2. The molecule has 0 atom stereocenters. The van der Waals surface area contributed by atoms with E-state index in [0.29, 0.717) is 29.8 Å². The highest BCUT2D eigenvalue weighted by atomic mass is 16.5. The van der Waals surface area contributed by atoms with Crippen molar-refractivity contribution in [2.45, 2.75) is 25.7 Å². The number of nitrogens with one attached hydrogen (secondary N) is 1. The molecule has 110 valence electrons. The van der Waals surface area contributed by atoms with Gasteiger partial charge < -0.3 is 4.74 Å². The summed E-state index contributed by atoms with van der Waals surface area (Å²) in [6.07, 6.45) is 2.30. The third-order valence-electron chi connectivity index (χ3n) is 3.48. The Morgan fingerprint density at radius 3 is 2.95 bits per heavy atom. The SMILES string of the molecule is CCOc1cccc(C(=O)Nc2nnc(C3CC3)n2C)c1. The van der Waals surface area contributed by atoms with Crippen molar-refractivity contribution in [3.05, 3.63) is 35.7 Å². The number of benzene rings is 1. The number of ether oxygens (including phenoxy) is 1. The molecule has 2 aromatic rings. The smallest absolute Gasteiger partial charge is 0.258 e. The van der Waals surface area contributed by atoms with Crippen molar-refractivity contribution in [2.75, 3.05) is 11.9 Å². The number of rotatable bonds is 5. The summed E-state index contributed by atoms with van der Waals surface area (Å²) in [4.78, 5) is 12.3. The lowest BCUT2D eigenvalue weighted by atomic mass is 10.2. The van der Waals surface area contributed by atoms with Gasteiger partial charge in [0.1, 0.15) is 11.6 Å². The van der Waals surface area contributed by atoms with E-state index in [2.05, 4.69) is 15.5 Å². The Labute approximate surface area is 123 Å². The van der Waals surface area contributed by atoms with Crippen LogP contribution in [0.2, 0.25) is 0 Å². The van der Waals surface area contributed by atoms with Gasteiger partial charge in [0, 0.05) is 18.5 Å². The molecule has 1 heterocycles. The Bertz CT molecular complexity index is 661. The van der Waals surface area contributed by atoms with E-state index < -0.39 is 0 Å². The summed E-state index contributed by atoms with van der Waals surface area (Å²) >= 11 is 0. The molecule has 21 heavy (non-hydrogen) atoms. The average Bonchev–Trinajstić information content (AvgIpc) is 3.26. The van der Waals surface area contributed by atoms with Gasteiger partial charge in [0.25, 0.3) is 5.91 Å². The number of amides is 1. The highest BCUT2D eigenvalue weighted by Gasteiger charge is 2.29. The summed E-state index contributed by atoms with van der Waals surface area (Å²) < 4.78 is 7.25. The Morgan fingerprint density at radius 2 is 2.24 bits per heavy atom. The van der Waals surface area contributed by atoms with Crippen molar-refractivity contribution < 1.29 is 9.53 Å². The highest BCUT2D eigenvalue weighted by molar-refractivity contribution is 6.03. The minimum Gasteiger partial charge on any atom is -0.494 e. The standard InChI is InChI=1S/C15H18N4O2/c1-3-21-12-6-4-5-11(9-12)14(20)16-15-18-17-13(19(15)2)10-7-8-10/h4-6,9-10H,3,7-8H2,1-2H3,(H,16,18,20). The molecule has 0 spiro atoms. The van der Waals surface area contributed by atoms with Crippen LogP contribution in [-0.4, -0.2) is 27.3 Å². The fourth-order valence-electron chi connectivity index (χ4n) is 2.21. The second-order valence-corrected chi connectivity index (χ2v) is 5.13. The minimum atomic E-state index is -0.214. The zero-order chi connectivity index (χ0) is 14.8. The first-order valence-electron chi connectivity index (χ1n) is 7.12. The molecule has 0 unspecified atom stereocenters. The number of hydrogen-bond donors (Lipinski definition) is 1. The summed E-state index contributed by atoms with van der Waals surface area (Å²) in [5, 5.41) is 11.0. The fraction of sp³-hybridized carbons (Fsp3) is 0.400. The summed E-state index contributed by atoms with van der Waals surface area (Å²) in [5.41, 5.74) is 0.539. The van der Waals surface area contributed by atoms with E-state index in [-0.39, 0.29) is 5.91 Å². The van der Waals surface area contributed by atoms with Gasteiger partial charge in [0.05, 0.1) is 6.61 Å². The van der Waals surface area contributed by atoms with E-state index in [0.717, 1.165) is 18.7 Å². The topological polar surface area (TPSA) is 69.0 Å². The number of nitrogens with zero attached hydrogens (tertiary/aromatic N) is 3. The van der Waals surface area contributed by atoms with E-state index in [1.807, 2.05) is 24.6 Å². The van der Waals surface area contributed by atoms with Gasteiger partial charge in [-0.15, -0.1) is 10.2 Å². The van der Waals surface area contributed by atoms with Gasteiger partial charge in [-0.1, -0.05) is 6.07 Å². The Hall–Kier alpha value is -2.37. The van der Waals surface area contributed by atoms with Gasteiger partial charge in [-0.2, -0.15) is 0 Å². The lowest BCUT2D eigenvalue weighted by molar-refractivity contribution is 0.102. The molecule has 1 fully saturated rings. The maximum absolute atomic E-state index is 12.3. The second kappa shape index (κ2) is 5.55. The number of anilines is 1. The van der Waals surface area contributed by atoms with Crippen LogP contribution in [0.4, 0.5) is 5.95 Å². The van der Waals surface area contributed by atoms with Gasteiger partial charge in [0.2, 0.25) is 5.95 Å². The molecule has 1 aromatic carbocycles. The van der Waals surface area contributed by atoms with Crippen molar-refractivity contribution in [1.82, 2.24) is 14.8 Å². The Kier molecular flexibility index (Phi) is 3.60. The van der Waals surface area contributed by atoms with Gasteiger partial charge in [0.15, 0.2) is 0 Å². The largest absolute Gasteiger partial charge is 0.494 e. The van der Waals surface area contributed by atoms with Crippen LogP contribution in [0.3, 0.4) is 0 Å². The predicted molar refractivity (Wildman–Crippen MR) is 78.5 cm³/mol. The molecule has 0 aliphatic heterocycles. The molecule has 1 amide bonds. The maximum atomic E-state index is 12.3. The summed E-state index contributed by atoms with van der Waals surface area (Å²) in [6.45, 7) is 2.48. The number of carbonyl (C=O) groups excluding carboxylic acids is 1. The van der Waals surface area contributed by atoms with Crippen LogP contribution >= 0.6 is 0 Å². The quantitative estimate of drug-likeness (QED) is 0.916. The molecule has 1 aliphatic rings. The first kappa shape index (κ1) is 13.6. The van der Waals surface area contributed by atoms with E-state index in [9.17, 15) is 4.79 Å². The molecule has 1 aliphatic carbocycles. The third kappa shape index (κ3) is 2.89. The first-order chi connectivity index (χ1) is 10.2. The Balaban J connectivity index is 1.75. The van der Waals surface area contributed by atoms with E-state index in [1.165, 1.54) is 0 Å². The zero-order valence-electron chi connectivity index (χ0n) is 12.2. The van der Waals surface area contributed by atoms with Crippen LogP contribution in [0, 0.1) is 0 Å². The predicted octanol–water partition coefficient (Wildman–Crippen LogP) is 2.34. The van der Waals surface area contributed by atoms with E-state index in [4.69, 9.17) is 4.74 Å². The van der Waals surface area contributed by atoms with Crippen LogP contribution in [0.25, 0.3) is 0 Å². The average molecular weight is 286 g/mol. The fourth-order valence-corrected chi connectivity index (χ4v) is 2.21. The molecule has 1 aromatic heterocycles. The van der Waals surface area contributed by atoms with Crippen LogP contribution in [0.15, 0.2) is 24.3 Å². The van der Waals surface area contributed by atoms with E-state index in [1.54, 1.807) is 18.2 Å². The summed E-state index contributed by atoms with van der Waals surface area (Å²) in [7, 11) is 1.87. The molecule has 6 heteroatoms. The van der Waals surface area contributed by atoms with Crippen molar-refractivity contribution in [3.63, 3.8) is 0 Å². The van der Waals surface area contributed by atoms with Crippen LogP contribution in [0.5, 0.6) is 5.75 Å². The van der Waals surface area contributed by atoms with Crippen molar-refractivity contribution in [2.24, 2.45) is 7.05 Å². The monoisotopic (exact) mass is 286 g/mol. The molecule has 0 radical (unpaired) electrons. The molecule has 1 saturated carbocycles. The summed E-state index contributed by atoms with van der Waals surface area (Å²) in [5.74, 6) is 2.38. The normalized spacial score (nSPS) is 14.0. The lowest BCUT2D eigenvalue weighted by Gasteiger charge is -2.07. The second-order valence-electron chi connectivity index (χ2n) is 5.13. The number of carbonyl (C=O) groups is 1. The summed E-state index contributed by atoms with van der Waals surface area (Å²) in [6, 6.07) is 7.09. The maximum Gasteiger partial charge on any atom is 0.258 e. The molecule has 3 rings (SSSR count). The highest BCUT2D eigenvalue weighted by Crippen LogP contribution is 2.39. The lowest BCUT2D eigenvalue weighted by Crippen LogP contribution is -2.15. The van der Waals surface area contributed by atoms with Gasteiger partial charge in [-0.05, 0) is 38.0 Å². The number of hydrogen-bond acceptors (Lipinski definition) is 4. The van der Waals surface area contributed by atoms with Crippen LogP contribution < -0.4 is 10.1 Å². The minimum absolute atomic E-state index is 0.214. The van der Waals surface area contributed by atoms with Crippen molar-refractivity contribution in [3.8, 4) is 5.75 Å². The molecule has 0 saturated heterocycles. The van der Waals surface area contributed by atoms with Crippen molar-refractivity contribution in [1.29, 1.82) is 0 Å². The van der Waals surface area contributed by atoms with E-state index >= 15 is 0 Å². The molecule has 6 nitrogen and oxygen atoms in total. The first-order valence-corrected chi connectivity index (χ1v) is 7.12. The molecular weight excluding hydrogens is 268 g/mol. The Morgan fingerprint density at radius 1 is 1.43 bits per heavy atom.